The smallest absolute Gasteiger partial charge is 0.253 e. The Morgan fingerprint density at radius 1 is 0.838 bits per heavy atom. The first kappa shape index (κ1) is 37.0. The van der Waals surface area contributed by atoms with Crippen LogP contribution in [0.5, 0.6) is 0 Å². The van der Waals surface area contributed by atoms with Gasteiger partial charge in [-0.15, -0.1) is 0 Å². The molecule has 216 valence electrons. The average Bonchev–Trinajstić information content (AvgIpc) is 3.15. The lowest BCUT2D eigenvalue weighted by atomic mass is 10.0. The fraction of sp³-hybridized carbons (Fsp3) is 0.778. The van der Waals surface area contributed by atoms with Gasteiger partial charge in [-0.05, 0) is 41.0 Å². The molecule has 37 heavy (non-hydrogen) atoms. The maximum absolute atomic E-state index is 11.8. The van der Waals surface area contributed by atoms with Crippen LogP contribution in [0.25, 0.3) is 0 Å². The lowest BCUT2D eigenvalue weighted by molar-refractivity contribution is -0.137. The van der Waals surface area contributed by atoms with Crippen LogP contribution >= 0.6 is 0 Å². The summed E-state index contributed by atoms with van der Waals surface area (Å²) >= 11 is 0. The Labute approximate surface area is 223 Å². The third-order valence-electron chi connectivity index (χ3n) is 5.01. The molecule has 0 bridgehead atoms. The maximum Gasteiger partial charge on any atom is 0.253 e. The molecule has 1 N–H and O–H groups in total. The van der Waals surface area contributed by atoms with Crippen molar-refractivity contribution >= 4 is 23.5 Å². The van der Waals surface area contributed by atoms with Gasteiger partial charge in [0.2, 0.25) is 5.91 Å². The zero-order chi connectivity index (χ0) is 27.6. The predicted molar refractivity (Wildman–Crippen MR) is 143 cm³/mol. The lowest BCUT2D eigenvalue weighted by Crippen LogP contribution is -2.37. The van der Waals surface area contributed by atoms with Crippen molar-refractivity contribution in [3.8, 4) is 0 Å². The molecule has 1 aliphatic heterocycles. The van der Waals surface area contributed by atoms with E-state index in [-0.39, 0.29) is 37.7 Å². The molecular weight excluding hydrogens is 480 g/mol. The van der Waals surface area contributed by atoms with Crippen molar-refractivity contribution < 1.29 is 38.1 Å². The van der Waals surface area contributed by atoms with Crippen LogP contribution in [0.2, 0.25) is 0 Å². The van der Waals surface area contributed by atoms with Gasteiger partial charge in [0.15, 0.2) is 0 Å². The second-order valence-corrected chi connectivity index (χ2v) is 9.34. The standard InChI is InChI=1S/C24H40N2O8.C2H6.CH4/c1-19(27)8-10-23(2,3)34-18-24(4,5)33-17-16-32-15-14-31-13-11-25-20(28)9-12-26-21(29)6-7-22(26)30;1-2;/h6-7H,8-18H2,1-5H3,(H,25,28);1-2H3;1H4. The Morgan fingerprint density at radius 2 is 1.38 bits per heavy atom. The largest absolute Gasteiger partial charge is 0.377 e. The van der Waals surface area contributed by atoms with E-state index in [1.807, 2.05) is 41.5 Å². The minimum atomic E-state index is -0.475. The molecule has 3 amide bonds. The van der Waals surface area contributed by atoms with E-state index in [0.29, 0.717) is 59.0 Å². The Hall–Kier alpha value is -2.14. The number of rotatable bonds is 19. The highest BCUT2D eigenvalue weighted by atomic mass is 16.6. The van der Waals surface area contributed by atoms with E-state index in [0.717, 1.165) is 4.90 Å². The molecule has 1 aliphatic rings. The van der Waals surface area contributed by atoms with Crippen molar-refractivity contribution in [2.75, 3.05) is 52.7 Å². The fourth-order valence-electron chi connectivity index (χ4n) is 2.87. The molecule has 0 saturated heterocycles. The SMILES string of the molecule is C.CC.CC(=O)CCC(C)(C)OCC(C)(C)OCCOCCOCCNC(=O)CCN1C(=O)C=CC1=O. The van der Waals surface area contributed by atoms with Crippen molar-refractivity contribution in [2.24, 2.45) is 0 Å². The van der Waals surface area contributed by atoms with Crippen LogP contribution in [-0.2, 0) is 38.1 Å². The van der Waals surface area contributed by atoms with Gasteiger partial charge in [0, 0.05) is 38.1 Å². The third-order valence-corrected chi connectivity index (χ3v) is 5.01. The van der Waals surface area contributed by atoms with Crippen LogP contribution in [0.15, 0.2) is 12.2 Å². The summed E-state index contributed by atoms with van der Waals surface area (Å²) in [5.41, 5.74) is -0.861. The van der Waals surface area contributed by atoms with E-state index < -0.39 is 17.4 Å². The number of nitrogens with zero attached hydrogens (tertiary/aromatic N) is 1. The van der Waals surface area contributed by atoms with E-state index >= 15 is 0 Å². The molecule has 0 saturated carbocycles. The van der Waals surface area contributed by atoms with Crippen molar-refractivity contribution in [1.29, 1.82) is 0 Å². The van der Waals surface area contributed by atoms with Crippen LogP contribution in [-0.4, -0.2) is 92.3 Å². The van der Waals surface area contributed by atoms with Gasteiger partial charge >= 0.3 is 0 Å². The van der Waals surface area contributed by atoms with Gasteiger partial charge in [0.1, 0.15) is 5.78 Å². The quantitative estimate of drug-likeness (QED) is 0.200. The van der Waals surface area contributed by atoms with Gasteiger partial charge < -0.3 is 29.1 Å². The summed E-state index contributed by atoms with van der Waals surface area (Å²) in [7, 11) is 0. The second-order valence-electron chi connectivity index (χ2n) is 9.34. The first-order valence-corrected chi connectivity index (χ1v) is 12.6. The van der Waals surface area contributed by atoms with E-state index in [9.17, 15) is 19.2 Å². The molecule has 0 aromatic rings. The zero-order valence-electron chi connectivity index (χ0n) is 23.1. The number of ether oxygens (including phenoxy) is 4. The number of carbonyl (C=O) groups excluding carboxylic acids is 4. The van der Waals surface area contributed by atoms with Crippen LogP contribution in [0, 0.1) is 0 Å². The highest BCUT2D eigenvalue weighted by Gasteiger charge is 2.26. The summed E-state index contributed by atoms with van der Waals surface area (Å²) in [5, 5.41) is 2.68. The zero-order valence-corrected chi connectivity index (χ0v) is 23.1. The molecule has 0 atom stereocenters. The van der Waals surface area contributed by atoms with Crippen molar-refractivity contribution in [3.05, 3.63) is 12.2 Å². The van der Waals surface area contributed by atoms with Crippen molar-refractivity contribution in [1.82, 2.24) is 10.2 Å². The van der Waals surface area contributed by atoms with E-state index in [1.165, 1.54) is 12.2 Å². The van der Waals surface area contributed by atoms with Gasteiger partial charge in [0.25, 0.3) is 11.8 Å². The highest BCUT2D eigenvalue weighted by Crippen LogP contribution is 2.20. The highest BCUT2D eigenvalue weighted by molar-refractivity contribution is 6.13. The summed E-state index contributed by atoms with van der Waals surface area (Å²) < 4.78 is 22.7. The average molecular weight is 531 g/mol. The number of hydrogen-bond acceptors (Lipinski definition) is 8. The molecule has 1 rings (SSSR count). The molecule has 1 heterocycles. The van der Waals surface area contributed by atoms with Crippen LogP contribution < -0.4 is 5.32 Å². The predicted octanol–water partition coefficient (Wildman–Crippen LogP) is 3.07. The van der Waals surface area contributed by atoms with Gasteiger partial charge in [-0.1, -0.05) is 21.3 Å². The Morgan fingerprint density at radius 3 is 1.95 bits per heavy atom. The summed E-state index contributed by atoms with van der Waals surface area (Å²) in [5.74, 6) is -0.887. The number of imide groups is 1. The fourth-order valence-corrected chi connectivity index (χ4v) is 2.87. The maximum atomic E-state index is 11.8. The molecular formula is C27H50N2O8. The van der Waals surface area contributed by atoms with Crippen LogP contribution in [0.3, 0.4) is 0 Å². The Balaban J connectivity index is 0. The molecule has 0 unspecified atom stereocenters. The molecule has 10 nitrogen and oxygen atoms in total. The topological polar surface area (TPSA) is 120 Å². The Kier molecular flexibility index (Phi) is 19.9. The molecule has 0 aromatic carbocycles. The lowest BCUT2D eigenvalue weighted by Gasteiger charge is -2.32. The van der Waals surface area contributed by atoms with Crippen LogP contribution in [0.1, 0.15) is 75.2 Å². The van der Waals surface area contributed by atoms with Crippen molar-refractivity contribution in [3.63, 3.8) is 0 Å². The number of hydrogen-bond donors (Lipinski definition) is 1. The number of nitrogens with one attached hydrogen (secondary N) is 1. The number of ketones is 1. The summed E-state index contributed by atoms with van der Waals surface area (Å²) in [6, 6.07) is 0. The molecule has 0 radical (unpaired) electrons. The molecule has 10 heteroatoms. The van der Waals surface area contributed by atoms with Crippen molar-refractivity contribution in [2.45, 2.75) is 86.4 Å². The van der Waals surface area contributed by atoms with Gasteiger partial charge in [-0.3, -0.25) is 19.3 Å². The van der Waals surface area contributed by atoms with E-state index in [4.69, 9.17) is 18.9 Å². The monoisotopic (exact) mass is 530 g/mol. The molecule has 0 fully saturated rings. The van der Waals surface area contributed by atoms with Gasteiger partial charge in [-0.2, -0.15) is 0 Å². The summed E-state index contributed by atoms with van der Waals surface area (Å²) in [6.07, 6.45) is 3.61. The molecule has 0 spiro atoms. The summed E-state index contributed by atoms with van der Waals surface area (Å²) in [6.45, 7) is 16.2. The summed E-state index contributed by atoms with van der Waals surface area (Å²) in [4.78, 5) is 46.8. The number of amides is 3. The first-order chi connectivity index (χ1) is 16.9. The minimum Gasteiger partial charge on any atom is -0.377 e. The third kappa shape index (κ3) is 18.7. The molecule has 0 aromatic heterocycles. The number of carbonyl (C=O) groups is 4. The molecule has 0 aliphatic carbocycles. The van der Waals surface area contributed by atoms with Gasteiger partial charge in [0.05, 0.1) is 50.8 Å². The first-order valence-electron chi connectivity index (χ1n) is 12.6. The van der Waals surface area contributed by atoms with E-state index in [2.05, 4.69) is 5.32 Å². The second kappa shape index (κ2) is 19.9. The number of Topliss-reactive ketones (excluding diaryl/α,β-unsaturated/α-hetero) is 1. The normalized spacial score (nSPS) is 13.2. The van der Waals surface area contributed by atoms with Crippen LogP contribution in [0.4, 0.5) is 0 Å². The van der Waals surface area contributed by atoms with Gasteiger partial charge in [-0.25, -0.2) is 0 Å². The minimum absolute atomic E-state index is 0. The Bertz CT molecular complexity index is 701. The van der Waals surface area contributed by atoms with E-state index in [1.54, 1.807) is 6.92 Å².